The van der Waals surface area contributed by atoms with Crippen LogP contribution in [-0.2, 0) is 0 Å². The zero-order valence-corrected chi connectivity index (χ0v) is 18.7. The van der Waals surface area contributed by atoms with Gasteiger partial charge in [0.1, 0.15) is 11.6 Å². The molecule has 7 nitrogen and oxygen atoms in total. The monoisotopic (exact) mass is 458 g/mol. The summed E-state index contributed by atoms with van der Waals surface area (Å²) in [6.45, 7) is 4.31. The number of aromatic nitrogens is 2. The van der Waals surface area contributed by atoms with Crippen LogP contribution in [0.2, 0.25) is 0 Å². The van der Waals surface area contributed by atoms with Crippen LogP contribution in [0, 0.1) is 12.7 Å². The molecular weight excluding hydrogens is 435 g/mol. The topological polar surface area (TPSA) is 85.2 Å². The van der Waals surface area contributed by atoms with E-state index in [-0.39, 0.29) is 17.3 Å². The molecule has 0 aliphatic heterocycles. The van der Waals surface area contributed by atoms with E-state index in [0.717, 1.165) is 10.2 Å². The van der Waals surface area contributed by atoms with Crippen molar-refractivity contribution in [2.75, 3.05) is 11.9 Å². The summed E-state index contributed by atoms with van der Waals surface area (Å²) in [5.41, 5.74) is 2.15. The molecule has 4 rings (SSSR count). The highest BCUT2D eigenvalue weighted by Crippen LogP contribution is 2.29. The predicted octanol–water partition coefficient (Wildman–Crippen LogP) is 4.97. The normalized spacial score (nSPS) is 10.6. The van der Waals surface area contributed by atoms with Crippen molar-refractivity contribution in [2.24, 2.45) is 0 Å². The van der Waals surface area contributed by atoms with E-state index < -0.39 is 11.4 Å². The molecule has 0 spiro atoms. The Morgan fingerprint density at radius 1 is 1.06 bits per heavy atom. The molecule has 34 heavy (non-hydrogen) atoms. The van der Waals surface area contributed by atoms with Crippen molar-refractivity contribution < 1.29 is 13.9 Å². The van der Waals surface area contributed by atoms with Crippen LogP contribution in [0.4, 0.5) is 15.8 Å². The molecular formula is C26H23FN4O3. The predicted molar refractivity (Wildman–Crippen MR) is 129 cm³/mol. The van der Waals surface area contributed by atoms with Gasteiger partial charge in [0.25, 0.3) is 11.5 Å². The zero-order chi connectivity index (χ0) is 24.1. The maximum atomic E-state index is 13.4. The number of aryl methyl sites for hydroxylation is 1. The van der Waals surface area contributed by atoms with Crippen LogP contribution in [0.3, 0.4) is 0 Å². The lowest BCUT2D eigenvalue weighted by molar-refractivity contribution is 0.0956. The highest BCUT2D eigenvalue weighted by Gasteiger charge is 2.16. The maximum absolute atomic E-state index is 13.4. The van der Waals surface area contributed by atoms with Crippen molar-refractivity contribution in [3.63, 3.8) is 0 Å². The highest BCUT2D eigenvalue weighted by atomic mass is 19.1. The number of carbonyl (C=O) groups excluding carboxylic acids is 1. The summed E-state index contributed by atoms with van der Waals surface area (Å²) < 4.78 is 20.5. The number of hydrogen-bond acceptors (Lipinski definition) is 5. The van der Waals surface area contributed by atoms with Crippen LogP contribution in [0.15, 0.2) is 83.8 Å². The first kappa shape index (κ1) is 22.7. The number of carbonyl (C=O) groups is 1. The largest absolute Gasteiger partial charge is 0.453 e. The van der Waals surface area contributed by atoms with Gasteiger partial charge in [0.05, 0.1) is 11.9 Å². The van der Waals surface area contributed by atoms with Gasteiger partial charge in [-0.3, -0.25) is 9.59 Å². The fraction of sp³-hybridized carbons (Fsp3) is 0.115. The first-order valence-electron chi connectivity index (χ1n) is 10.7. The van der Waals surface area contributed by atoms with Gasteiger partial charge in [0.2, 0.25) is 0 Å². The molecule has 1 heterocycles. The van der Waals surface area contributed by atoms with E-state index in [2.05, 4.69) is 15.7 Å². The quantitative estimate of drug-likeness (QED) is 0.409. The number of amides is 1. The number of anilines is 2. The number of benzene rings is 3. The van der Waals surface area contributed by atoms with Gasteiger partial charge in [-0.05, 0) is 80.1 Å². The summed E-state index contributed by atoms with van der Waals surface area (Å²) in [4.78, 5) is 25.4. The molecule has 0 atom stereocenters. The second-order valence-electron chi connectivity index (χ2n) is 7.56. The van der Waals surface area contributed by atoms with Crippen molar-refractivity contribution in [3.8, 4) is 17.2 Å². The lowest BCUT2D eigenvalue weighted by atomic mass is 10.2. The molecule has 2 N–H and O–H groups in total. The fourth-order valence-electron chi connectivity index (χ4n) is 3.31. The Bertz CT molecular complexity index is 1370. The van der Waals surface area contributed by atoms with E-state index in [9.17, 15) is 14.0 Å². The van der Waals surface area contributed by atoms with E-state index >= 15 is 0 Å². The van der Waals surface area contributed by atoms with Gasteiger partial charge >= 0.3 is 0 Å². The molecule has 0 radical (unpaired) electrons. The molecule has 0 aliphatic rings. The van der Waals surface area contributed by atoms with Crippen LogP contribution >= 0.6 is 0 Å². The van der Waals surface area contributed by atoms with E-state index in [0.29, 0.717) is 29.2 Å². The summed E-state index contributed by atoms with van der Waals surface area (Å²) in [7, 11) is 0. The number of rotatable bonds is 7. The van der Waals surface area contributed by atoms with Gasteiger partial charge in [0, 0.05) is 17.8 Å². The number of halogens is 1. The molecule has 172 valence electrons. The minimum atomic E-state index is -0.482. The van der Waals surface area contributed by atoms with Gasteiger partial charge in [0.15, 0.2) is 11.4 Å². The Labute approximate surface area is 195 Å². The van der Waals surface area contributed by atoms with E-state index in [4.69, 9.17) is 4.74 Å². The maximum Gasteiger partial charge on any atom is 0.299 e. The summed E-state index contributed by atoms with van der Waals surface area (Å²) in [6.07, 6.45) is 1.43. The van der Waals surface area contributed by atoms with Crippen molar-refractivity contribution in [1.82, 2.24) is 15.1 Å². The molecule has 3 aromatic carbocycles. The number of nitrogens with zero attached hydrogens (tertiary/aromatic N) is 2. The average molecular weight is 458 g/mol. The Morgan fingerprint density at radius 3 is 2.47 bits per heavy atom. The number of nitrogens with one attached hydrogen (secondary N) is 2. The minimum absolute atomic E-state index is 0.145. The molecule has 0 unspecified atom stereocenters. The Hall–Kier alpha value is -4.46. The van der Waals surface area contributed by atoms with Gasteiger partial charge in [-0.1, -0.05) is 12.1 Å². The highest BCUT2D eigenvalue weighted by molar-refractivity contribution is 5.94. The van der Waals surface area contributed by atoms with Gasteiger partial charge in [-0.15, -0.1) is 0 Å². The van der Waals surface area contributed by atoms with E-state index in [1.165, 1.54) is 30.5 Å². The van der Waals surface area contributed by atoms with Crippen molar-refractivity contribution in [1.29, 1.82) is 0 Å². The molecule has 0 aliphatic carbocycles. The van der Waals surface area contributed by atoms with Gasteiger partial charge in [-0.25, -0.2) is 4.39 Å². The fourth-order valence-corrected chi connectivity index (χ4v) is 3.31. The Morgan fingerprint density at radius 2 is 1.79 bits per heavy atom. The van der Waals surface area contributed by atoms with Crippen LogP contribution in [0.25, 0.3) is 5.69 Å². The second kappa shape index (κ2) is 9.99. The molecule has 0 fully saturated rings. The first-order valence-corrected chi connectivity index (χ1v) is 10.7. The third kappa shape index (κ3) is 5.12. The van der Waals surface area contributed by atoms with Crippen molar-refractivity contribution in [2.45, 2.75) is 13.8 Å². The molecule has 0 saturated carbocycles. The SMILES string of the molecule is CCNC(=O)c1ccc(Nc2c(Oc3cccc(C)c3)cnn(-c3ccc(F)cc3)c2=O)cc1. The second-order valence-corrected chi connectivity index (χ2v) is 7.56. The number of hydrogen-bond donors (Lipinski definition) is 2. The van der Waals surface area contributed by atoms with Crippen LogP contribution < -0.4 is 20.9 Å². The molecule has 8 heteroatoms. The van der Waals surface area contributed by atoms with Crippen molar-refractivity contribution in [3.05, 3.63) is 106 Å². The van der Waals surface area contributed by atoms with E-state index in [1.54, 1.807) is 30.3 Å². The Balaban J connectivity index is 1.73. The van der Waals surface area contributed by atoms with Crippen molar-refractivity contribution >= 4 is 17.3 Å². The third-order valence-electron chi connectivity index (χ3n) is 4.99. The third-order valence-corrected chi connectivity index (χ3v) is 4.99. The lowest BCUT2D eigenvalue weighted by Gasteiger charge is -2.15. The van der Waals surface area contributed by atoms with E-state index in [1.807, 2.05) is 32.0 Å². The summed E-state index contributed by atoms with van der Waals surface area (Å²) in [5.74, 6) is 0.180. The molecule has 1 amide bonds. The molecule has 1 aromatic heterocycles. The smallest absolute Gasteiger partial charge is 0.299 e. The van der Waals surface area contributed by atoms with Gasteiger partial charge in [-0.2, -0.15) is 9.78 Å². The minimum Gasteiger partial charge on any atom is -0.453 e. The lowest BCUT2D eigenvalue weighted by Crippen LogP contribution is -2.24. The standard InChI is InChI=1S/C26H23FN4O3/c1-3-28-25(32)18-7-11-20(12-8-18)30-24-23(34-22-6-4-5-17(2)15-22)16-29-31(26(24)33)21-13-9-19(27)10-14-21/h4-16,30H,3H2,1-2H3,(H,28,32). The molecule has 0 bridgehead atoms. The molecule has 4 aromatic rings. The first-order chi connectivity index (χ1) is 16.4. The average Bonchev–Trinajstić information content (AvgIpc) is 2.83. The Kier molecular flexibility index (Phi) is 6.68. The van der Waals surface area contributed by atoms with Crippen LogP contribution in [0.5, 0.6) is 11.5 Å². The number of ether oxygens (including phenoxy) is 1. The summed E-state index contributed by atoms with van der Waals surface area (Å²) >= 11 is 0. The van der Waals surface area contributed by atoms with Crippen LogP contribution in [-0.4, -0.2) is 22.2 Å². The summed E-state index contributed by atoms with van der Waals surface area (Å²) in [5, 5.41) is 10.1. The van der Waals surface area contributed by atoms with Gasteiger partial charge < -0.3 is 15.4 Å². The summed E-state index contributed by atoms with van der Waals surface area (Å²) in [6, 6.07) is 19.6. The van der Waals surface area contributed by atoms with Crippen LogP contribution in [0.1, 0.15) is 22.8 Å². The zero-order valence-electron chi connectivity index (χ0n) is 18.7. The molecule has 0 saturated heterocycles.